The molecule has 0 bridgehead atoms. The summed E-state index contributed by atoms with van der Waals surface area (Å²) in [6.07, 6.45) is 2.31. The maximum Gasteiger partial charge on any atom is 0.247 e. The number of allylic oxidation sites excluding steroid dienone is 1. The molecule has 0 saturated heterocycles. The number of carbonyl (C=O) groups is 1. The monoisotopic (exact) mass is 153 g/mol. The summed E-state index contributed by atoms with van der Waals surface area (Å²) in [5.74, 6) is 0.104. The topological polar surface area (TPSA) is 29.1 Å². The normalized spacial score (nSPS) is 15.9. The highest BCUT2D eigenvalue weighted by Gasteiger charge is 2.23. The Morgan fingerprint density at radius 3 is 2.18 bits per heavy atom. The number of carbonyl (C=O) groups excluding carboxylic acids is 1. The van der Waals surface area contributed by atoms with Crippen LogP contribution >= 0.6 is 0 Å². The van der Waals surface area contributed by atoms with Crippen molar-refractivity contribution in [2.24, 2.45) is 0 Å². The average Bonchev–Trinajstić information content (AvgIpc) is 2.69. The first-order valence-corrected chi connectivity index (χ1v) is 4.06. The van der Waals surface area contributed by atoms with Crippen LogP contribution in [-0.2, 0) is 4.79 Å². The van der Waals surface area contributed by atoms with E-state index in [1.165, 1.54) is 0 Å². The average molecular weight is 153 g/mol. The van der Waals surface area contributed by atoms with Gasteiger partial charge in [-0.15, -0.1) is 0 Å². The summed E-state index contributed by atoms with van der Waals surface area (Å²) in [6.45, 7) is 5.79. The lowest BCUT2D eigenvalue weighted by atomic mass is 10.1. The second kappa shape index (κ2) is 3.07. The van der Waals surface area contributed by atoms with Crippen molar-refractivity contribution in [1.29, 1.82) is 0 Å². The van der Waals surface area contributed by atoms with E-state index in [1.807, 2.05) is 20.8 Å². The Kier molecular flexibility index (Phi) is 2.32. The molecule has 2 heteroatoms. The summed E-state index contributed by atoms with van der Waals surface area (Å²) in [5.41, 5.74) is 1.96. The van der Waals surface area contributed by atoms with Gasteiger partial charge >= 0.3 is 0 Å². The van der Waals surface area contributed by atoms with Gasteiger partial charge in [-0.05, 0) is 33.6 Å². The van der Waals surface area contributed by atoms with Crippen LogP contribution in [0.15, 0.2) is 11.1 Å². The molecule has 0 atom stereocenters. The fourth-order valence-electron chi connectivity index (χ4n) is 0.748. The van der Waals surface area contributed by atoms with Crippen molar-refractivity contribution >= 4 is 5.91 Å². The second-order valence-electron chi connectivity index (χ2n) is 3.37. The van der Waals surface area contributed by atoms with Crippen LogP contribution < -0.4 is 5.32 Å². The standard InChI is InChI=1S/C9H15NO/c1-6(2)7(3)9(11)10-8-4-5-8/h8H,4-5H2,1-3H3,(H,10,11). The van der Waals surface area contributed by atoms with Gasteiger partial charge in [-0.2, -0.15) is 0 Å². The zero-order valence-corrected chi connectivity index (χ0v) is 7.40. The first kappa shape index (κ1) is 8.31. The van der Waals surface area contributed by atoms with E-state index >= 15 is 0 Å². The van der Waals surface area contributed by atoms with E-state index in [1.54, 1.807) is 0 Å². The van der Waals surface area contributed by atoms with Gasteiger partial charge in [0.05, 0.1) is 0 Å². The van der Waals surface area contributed by atoms with E-state index in [-0.39, 0.29) is 5.91 Å². The highest BCUT2D eigenvalue weighted by Crippen LogP contribution is 2.19. The van der Waals surface area contributed by atoms with Crippen molar-refractivity contribution in [2.45, 2.75) is 39.7 Å². The van der Waals surface area contributed by atoms with Crippen molar-refractivity contribution in [3.05, 3.63) is 11.1 Å². The van der Waals surface area contributed by atoms with E-state index in [0.29, 0.717) is 6.04 Å². The van der Waals surface area contributed by atoms with Crippen LogP contribution in [-0.4, -0.2) is 11.9 Å². The molecule has 0 aromatic rings. The lowest BCUT2D eigenvalue weighted by Gasteiger charge is -2.03. The molecular weight excluding hydrogens is 138 g/mol. The van der Waals surface area contributed by atoms with Crippen LogP contribution in [0, 0.1) is 0 Å². The Morgan fingerprint density at radius 2 is 1.82 bits per heavy atom. The Balaban J connectivity index is 2.45. The summed E-state index contributed by atoms with van der Waals surface area (Å²) in [5, 5.41) is 2.94. The maximum absolute atomic E-state index is 11.3. The first-order chi connectivity index (χ1) is 5.11. The molecule has 1 N–H and O–H groups in total. The number of amides is 1. The number of nitrogens with one attached hydrogen (secondary N) is 1. The van der Waals surface area contributed by atoms with E-state index in [4.69, 9.17) is 0 Å². The molecule has 0 aliphatic heterocycles. The van der Waals surface area contributed by atoms with Crippen molar-refractivity contribution in [2.75, 3.05) is 0 Å². The molecule has 0 unspecified atom stereocenters. The first-order valence-electron chi connectivity index (χ1n) is 4.06. The lowest BCUT2D eigenvalue weighted by Crippen LogP contribution is -2.26. The predicted octanol–water partition coefficient (Wildman–Crippen LogP) is 1.62. The van der Waals surface area contributed by atoms with Gasteiger partial charge in [-0.3, -0.25) is 4.79 Å². The highest BCUT2D eigenvalue weighted by atomic mass is 16.1. The van der Waals surface area contributed by atoms with Crippen LogP contribution in [0.5, 0.6) is 0 Å². The van der Waals surface area contributed by atoms with Gasteiger partial charge in [0.1, 0.15) is 0 Å². The Morgan fingerprint density at radius 1 is 1.27 bits per heavy atom. The van der Waals surface area contributed by atoms with Crippen molar-refractivity contribution in [3.8, 4) is 0 Å². The van der Waals surface area contributed by atoms with Gasteiger partial charge < -0.3 is 5.32 Å². The zero-order valence-electron chi connectivity index (χ0n) is 7.40. The van der Waals surface area contributed by atoms with Crippen LogP contribution in [0.4, 0.5) is 0 Å². The summed E-state index contributed by atoms with van der Waals surface area (Å²) in [7, 11) is 0. The number of hydrogen-bond donors (Lipinski definition) is 1. The van der Waals surface area contributed by atoms with Crippen molar-refractivity contribution in [3.63, 3.8) is 0 Å². The van der Waals surface area contributed by atoms with E-state index < -0.39 is 0 Å². The molecule has 0 aromatic carbocycles. The molecule has 1 saturated carbocycles. The molecule has 1 fully saturated rings. The van der Waals surface area contributed by atoms with E-state index in [2.05, 4.69) is 5.32 Å². The summed E-state index contributed by atoms with van der Waals surface area (Å²) in [4.78, 5) is 11.3. The van der Waals surface area contributed by atoms with E-state index in [0.717, 1.165) is 24.0 Å². The fourth-order valence-corrected chi connectivity index (χ4v) is 0.748. The fraction of sp³-hybridized carbons (Fsp3) is 0.667. The number of hydrogen-bond acceptors (Lipinski definition) is 1. The van der Waals surface area contributed by atoms with Gasteiger partial charge in [0.15, 0.2) is 0 Å². The van der Waals surface area contributed by atoms with Gasteiger partial charge in [-0.25, -0.2) is 0 Å². The smallest absolute Gasteiger partial charge is 0.247 e. The molecule has 2 nitrogen and oxygen atoms in total. The molecule has 0 radical (unpaired) electrons. The lowest BCUT2D eigenvalue weighted by molar-refractivity contribution is -0.117. The predicted molar refractivity (Wildman–Crippen MR) is 45.2 cm³/mol. The van der Waals surface area contributed by atoms with Crippen LogP contribution in [0.25, 0.3) is 0 Å². The van der Waals surface area contributed by atoms with Gasteiger partial charge in [0, 0.05) is 11.6 Å². The minimum atomic E-state index is 0.104. The van der Waals surface area contributed by atoms with Crippen LogP contribution in [0.2, 0.25) is 0 Å². The van der Waals surface area contributed by atoms with Gasteiger partial charge in [-0.1, -0.05) is 5.57 Å². The summed E-state index contributed by atoms with van der Waals surface area (Å²) in [6, 6.07) is 0.469. The van der Waals surface area contributed by atoms with Crippen LogP contribution in [0.1, 0.15) is 33.6 Å². The summed E-state index contributed by atoms with van der Waals surface area (Å²) < 4.78 is 0. The third-order valence-corrected chi connectivity index (χ3v) is 2.00. The highest BCUT2D eigenvalue weighted by molar-refractivity contribution is 5.93. The molecule has 11 heavy (non-hydrogen) atoms. The molecular formula is C9H15NO. The minimum Gasteiger partial charge on any atom is -0.350 e. The third-order valence-electron chi connectivity index (χ3n) is 2.00. The van der Waals surface area contributed by atoms with Crippen LogP contribution in [0.3, 0.4) is 0 Å². The zero-order chi connectivity index (χ0) is 8.43. The molecule has 1 aliphatic carbocycles. The molecule has 0 aromatic heterocycles. The molecule has 1 aliphatic rings. The Labute approximate surface area is 67.7 Å². The molecule has 1 rings (SSSR count). The minimum absolute atomic E-state index is 0.104. The Bertz CT molecular complexity index is 198. The van der Waals surface area contributed by atoms with Crippen molar-refractivity contribution in [1.82, 2.24) is 5.32 Å². The van der Waals surface area contributed by atoms with Crippen molar-refractivity contribution < 1.29 is 4.79 Å². The largest absolute Gasteiger partial charge is 0.350 e. The summed E-state index contributed by atoms with van der Waals surface area (Å²) >= 11 is 0. The number of rotatable bonds is 2. The molecule has 62 valence electrons. The van der Waals surface area contributed by atoms with Gasteiger partial charge in [0.2, 0.25) is 5.91 Å². The Hall–Kier alpha value is -0.790. The van der Waals surface area contributed by atoms with Gasteiger partial charge in [0.25, 0.3) is 0 Å². The third kappa shape index (κ3) is 2.37. The van der Waals surface area contributed by atoms with E-state index in [9.17, 15) is 4.79 Å². The molecule has 1 amide bonds. The molecule has 0 spiro atoms. The SMILES string of the molecule is CC(C)=C(C)C(=O)NC1CC1. The quantitative estimate of drug-likeness (QED) is 0.600. The maximum atomic E-state index is 11.3. The second-order valence-corrected chi connectivity index (χ2v) is 3.37. The molecule has 0 heterocycles.